The summed E-state index contributed by atoms with van der Waals surface area (Å²) in [7, 11) is 9.16. The number of hydrogen-bond donors (Lipinski definition) is 2. The largest absolute Gasteiger partial charge is 0.493 e. The predicted molar refractivity (Wildman–Crippen MR) is 168 cm³/mol. The fraction of sp³-hybridized carbons (Fsp3) is 0.743. The number of amides is 1. The average molecular weight is 690 g/mol. The van der Waals surface area contributed by atoms with Gasteiger partial charge in [0.25, 0.3) is 0 Å². The van der Waals surface area contributed by atoms with E-state index in [1.165, 1.54) is 34.3 Å². The predicted octanol–water partition coefficient (Wildman–Crippen LogP) is 0.831. The third-order valence-corrected chi connectivity index (χ3v) is 13.4. The van der Waals surface area contributed by atoms with Crippen LogP contribution < -0.4 is 9.47 Å². The third-order valence-electron chi connectivity index (χ3n) is 13.4. The Balaban J connectivity index is 1.47. The van der Waals surface area contributed by atoms with Crippen LogP contribution >= 0.6 is 0 Å². The monoisotopic (exact) mass is 689 g/mol. The summed E-state index contributed by atoms with van der Waals surface area (Å²) in [6.07, 6.45) is -3.10. The van der Waals surface area contributed by atoms with Crippen LogP contribution in [0.15, 0.2) is 18.2 Å². The Labute approximate surface area is 285 Å². The van der Waals surface area contributed by atoms with E-state index in [4.69, 9.17) is 37.9 Å². The van der Waals surface area contributed by atoms with Crippen LogP contribution in [0.3, 0.4) is 0 Å². The normalized spacial score (nSPS) is 45.4. The molecule has 7 rings (SSSR count). The first-order chi connectivity index (χ1) is 23.4. The van der Waals surface area contributed by atoms with E-state index in [2.05, 4.69) is 0 Å². The van der Waals surface area contributed by atoms with Crippen LogP contribution in [0.25, 0.3) is 0 Å². The molecule has 6 aliphatic rings. The number of esters is 2. The van der Waals surface area contributed by atoms with Gasteiger partial charge >= 0.3 is 11.9 Å². The van der Waals surface area contributed by atoms with Crippen molar-refractivity contribution < 1.29 is 62.5 Å². The van der Waals surface area contributed by atoms with E-state index in [0.717, 1.165) is 6.41 Å². The molecule has 49 heavy (non-hydrogen) atoms. The van der Waals surface area contributed by atoms with Crippen molar-refractivity contribution in [3.05, 3.63) is 23.8 Å². The number of likely N-dealkylation sites (tertiary alicyclic amines) is 1. The van der Waals surface area contributed by atoms with E-state index in [1.807, 2.05) is 0 Å². The maximum atomic E-state index is 14.1. The van der Waals surface area contributed by atoms with Gasteiger partial charge in [-0.05, 0) is 30.5 Å². The van der Waals surface area contributed by atoms with E-state index in [1.54, 1.807) is 38.4 Å². The highest BCUT2D eigenvalue weighted by Gasteiger charge is 2.90. The lowest BCUT2D eigenvalue weighted by Gasteiger charge is -2.69. The molecule has 5 saturated carbocycles. The second-order valence-corrected chi connectivity index (χ2v) is 14.8. The van der Waals surface area contributed by atoms with Crippen LogP contribution in [0.1, 0.15) is 36.5 Å². The van der Waals surface area contributed by atoms with E-state index in [9.17, 15) is 24.6 Å². The molecule has 6 fully saturated rings. The third kappa shape index (κ3) is 4.12. The highest BCUT2D eigenvalue weighted by molar-refractivity contribution is 5.90. The number of aliphatic hydroxyl groups excluding tert-OH is 1. The van der Waals surface area contributed by atoms with Gasteiger partial charge in [-0.25, -0.2) is 4.79 Å². The van der Waals surface area contributed by atoms with Crippen molar-refractivity contribution in [2.45, 2.75) is 73.9 Å². The molecule has 2 N–H and O–H groups in total. The molecule has 5 aliphatic carbocycles. The van der Waals surface area contributed by atoms with Crippen LogP contribution in [0, 0.1) is 34.5 Å². The maximum absolute atomic E-state index is 14.1. The van der Waals surface area contributed by atoms with Crippen molar-refractivity contribution in [1.82, 2.24) is 4.90 Å². The summed E-state index contributed by atoms with van der Waals surface area (Å²) in [4.78, 5) is 42.2. The van der Waals surface area contributed by atoms with Gasteiger partial charge in [-0.2, -0.15) is 0 Å². The van der Waals surface area contributed by atoms with E-state index >= 15 is 0 Å². The van der Waals surface area contributed by atoms with Gasteiger partial charge in [0.05, 0.1) is 50.8 Å². The summed E-state index contributed by atoms with van der Waals surface area (Å²) < 4.78 is 48.2. The Morgan fingerprint density at radius 1 is 0.980 bits per heavy atom. The number of benzene rings is 1. The molecule has 270 valence electrons. The number of fused-ring (bicyclic) bond motifs is 2. The van der Waals surface area contributed by atoms with Gasteiger partial charge in [0.1, 0.15) is 17.3 Å². The highest BCUT2D eigenvalue weighted by atomic mass is 16.6. The average Bonchev–Trinajstić information content (AvgIpc) is 3.46. The zero-order chi connectivity index (χ0) is 35.3. The molecule has 0 radical (unpaired) electrons. The minimum absolute atomic E-state index is 0.0686. The first-order valence-corrected chi connectivity index (χ1v) is 16.7. The van der Waals surface area contributed by atoms with Gasteiger partial charge in [0, 0.05) is 89.4 Å². The minimum Gasteiger partial charge on any atom is -0.493 e. The minimum atomic E-state index is -1.71. The van der Waals surface area contributed by atoms with Crippen molar-refractivity contribution in [3.8, 4) is 11.5 Å². The lowest BCUT2D eigenvalue weighted by molar-refractivity contribution is -0.295. The molecule has 1 spiro atoms. The van der Waals surface area contributed by atoms with Crippen molar-refractivity contribution in [2.24, 2.45) is 34.5 Å². The number of rotatable bonds is 11. The van der Waals surface area contributed by atoms with Crippen LogP contribution in [0.2, 0.25) is 0 Å². The van der Waals surface area contributed by atoms with Gasteiger partial charge in [-0.15, -0.1) is 0 Å². The molecule has 14 nitrogen and oxygen atoms in total. The number of ether oxygens (including phenoxy) is 8. The summed E-state index contributed by atoms with van der Waals surface area (Å²) in [6, 6.07) is 4.08. The fourth-order valence-electron chi connectivity index (χ4n) is 12.3. The van der Waals surface area contributed by atoms with Crippen molar-refractivity contribution in [2.75, 3.05) is 55.8 Å². The van der Waals surface area contributed by atoms with Crippen LogP contribution in [-0.2, 0) is 38.0 Å². The molecular formula is C35H47NO13. The summed E-state index contributed by atoms with van der Waals surface area (Å²) in [5.74, 6) is -2.94. The first-order valence-electron chi connectivity index (χ1n) is 16.7. The maximum Gasteiger partial charge on any atom is 0.338 e. The second-order valence-electron chi connectivity index (χ2n) is 14.8. The molecule has 1 saturated heterocycles. The summed E-state index contributed by atoms with van der Waals surface area (Å²) in [5.41, 5.74) is -4.85. The second kappa shape index (κ2) is 11.8. The first kappa shape index (κ1) is 34.4. The quantitative estimate of drug-likeness (QED) is 0.248. The molecule has 7 bridgehead atoms. The molecule has 0 aromatic heterocycles. The summed E-state index contributed by atoms with van der Waals surface area (Å²) >= 11 is 0. The molecule has 1 aromatic carbocycles. The van der Waals surface area contributed by atoms with Crippen molar-refractivity contribution in [1.29, 1.82) is 0 Å². The van der Waals surface area contributed by atoms with E-state index in [0.29, 0.717) is 11.5 Å². The molecule has 1 amide bonds. The van der Waals surface area contributed by atoms with E-state index < -0.39 is 94.2 Å². The Morgan fingerprint density at radius 3 is 2.29 bits per heavy atom. The van der Waals surface area contributed by atoms with Gasteiger partial charge in [-0.3, -0.25) is 9.59 Å². The Kier molecular flexibility index (Phi) is 8.28. The molecule has 1 heterocycles. The fourth-order valence-corrected chi connectivity index (χ4v) is 12.3. The van der Waals surface area contributed by atoms with Gasteiger partial charge < -0.3 is 53.0 Å². The SMILES string of the molecule is COC[C@]12CN(C=O)[C@@H]3[C@@H]4[C@H](OC)[C@H]1[C@@]3([C@@H](OC)CC2O)[C@@H]1C[C@@]2(O)[C@@H](OC)C[C@@]4(OC(C)=O)[C@H]1[C@H]2OC(=O)c1ccc(OC)c(OC)c1. The molecular weight excluding hydrogens is 642 g/mol. The number of carbonyl (C=O) groups excluding carboxylic acids is 3. The standard InChI is InChI=1S/C35H47NO13/c1-17(38)49-34-13-24(46-6)33(41)12-19(25(34)30(33)48-31(40)18-8-9-20(43-3)21(10-18)44-4)35-23(45-5)11-22(39)32(15-42-2)14-36(16-37)29(35)26(34)27(47-7)28(32)35/h8-10,16,19,22-30,39,41H,11-15H2,1-7H3/t19-,22?,23+,24+,25-,26+,27+,28-,29-,30-,32+,33-,34-,35+/m1/s1. The van der Waals surface area contributed by atoms with E-state index in [-0.39, 0.29) is 38.0 Å². The number of carbonyl (C=O) groups is 3. The van der Waals surface area contributed by atoms with Crippen molar-refractivity contribution in [3.63, 3.8) is 0 Å². The van der Waals surface area contributed by atoms with Crippen LogP contribution in [0.4, 0.5) is 0 Å². The van der Waals surface area contributed by atoms with Crippen molar-refractivity contribution >= 4 is 18.3 Å². The Morgan fingerprint density at radius 2 is 1.69 bits per heavy atom. The molecule has 1 unspecified atom stereocenters. The molecule has 14 atom stereocenters. The Bertz CT molecular complexity index is 1510. The van der Waals surface area contributed by atoms with Gasteiger partial charge in [-0.1, -0.05) is 0 Å². The lowest BCUT2D eigenvalue weighted by Crippen LogP contribution is -2.79. The molecule has 1 aromatic rings. The number of nitrogens with zero attached hydrogens (tertiary/aromatic N) is 1. The highest BCUT2D eigenvalue weighted by Crippen LogP contribution is 2.80. The topological polar surface area (TPSA) is 169 Å². The zero-order valence-corrected chi connectivity index (χ0v) is 29.0. The molecule has 14 heteroatoms. The van der Waals surface area contributed by atoms with Gasteiger partial charge in [0.15, 0.2) is 11.5 Å². The number of methoxy groups -OCH3 is 6. The number of aliphatic hydroxyl groups is 2. The smallest absolute Gasteiger partial charge is 0.338 e. The summed E-state index contributed by atoms with van der Waals surface area (Å²) in [5, 5.41) is 24.8. The van der Waals surface area contributed by atoms with Gasteiger partial charge in [0.2, 0.25) is 6.41 Å². The van der Waals surface area contributed by atoms with Crippen LogP contribution in [0.5, 0.6) is 11.5 Å². The number of piperidine rings is 1. The summed E-state index contributed by atoms with van der Waals surface area (Å²) in [6.45, 7) is 1.64. The zero-order valence-electron chi connectivity index (χ0n) is 29.0. The molecule has 1 aliphatic heterocycles. The number of hydrogen-bond acceptors (Lipinski definition) is 13. The lowest BCUT2D eigenvalue weighted by atomic mass is 9.42. The Hall–Kier alpha value is -3.01. The van der Waals surface area contributed by atoms with Crippen LogP contribution in [-0.4, -0.2) is 137 Å².